The Morgan fingerprint density at radius 1 is 1.33 bits per heavy atom. The van der Waals surface area contributed by atoms with Gasteiger partial charge in [-0.25, -0.2) is 0 Å². The molecule has 1 N–H and O–H groups in total. The molecule has 0 fully saturated rings. The third-order valence-corrected chi connectivity index (χ3v) is 6.20. The maximum absolute atomic E-state index is 12.6. The molecule has 2 aliphatic rings. The summed E-state index contributed by atoms with van der Waals surface area (Å²) in [6, 6.07) is 8.17. The molecule has 2 atom stereocenters. The van der Waals surface area contributed by atoms with E-state index in [1.807, 2.05) is 23.6 Å². The number of benzene rings is 1. The quantitative estimate of drug-likeness (QED) is 0.921. The van der Waals surface area contributed by atoms with E-state index in [4.69, 9.17) is 4.74 Å². The van der Waals surface area contributed by atoms with Crippen LogP contribution in [0.3, 0.4) is 0 Å². The zero-order chi connectivity index (χ0) is 16.5. The van der Waals surface area contributed by atoms with Crippen molar-refractivity contribution >= 4 is 17.2 Å². The standard InChI is InChI=1S/C20H23NO2S/c1-13-6-7-16-17(12-24-19(16)8-13)20(22)21-10-14-9-15-4-2-3-5-18(15)23-11-14/h2-5,12-14H,6-11H2,1H3,(H,21,22). The molecule has 0 radical (unpaired) electrons. The van der Waals surface area contributed by atoms with E-state index in [9.17, 15) is 4.79 Å². The largest absolute Gasteiger partial charge is 0.493 e. The van der Waals surface area contributed by atoms with Crippen molar-refractivity contribution in [3.63, 3.8) is 0 Å². The molecule has 0 saturated heterocycles. The van der Waals surface area contributed by atoms with Crippen molar-refractivity contribution in [3.05, 3.63) is 51.2 Å². The first-order valence-corrected chi connectivity index (χ1v) is 9.67. The van der Waals surface area contributed by atoms with Gasteiger partial charge in [0.15, 0.2) is 0 Å². The minimum absolute atomic E-state index is 0.0842. The van der Waals surface area contributed by atoms with E-state index in [0.29, 0.717) is 19.1 Å². The van der Waals surface area contributed by atoms with Gasteiger partial charge in [-0.2, -0.15) is 0 Å². The van der Waals surface area contributed by atoms with Crippen LogP contribution >= 0.6 is 11.3 Å². The van der Waals surface area contributed by atoms with Crippen LogP contribution in [0.2, 0.25) is 0 Å². The molecular weight excluding hydrogens is 318 g/mol. The average molecular weight is 341 g/mol. The predicted molar refractivity (Wildman–Crippen MR) is 97.0 cm³/mol. The molecule has 24 heavy (non-hydrogen) atoms. The average Bonchev–Trinajstić information content (AvgIpc) is 3.02. The SMILES string of the molecule is CC1CCc2c(C(=O)NCC3COc4ccccc4C3)csc2C1. The summed E-state index contributed by atoms with van der Waals surface area (Å²) >= 11 is 1.75. The summed E-state index contributed by atoms with van der Waals surface area (Å²) in [7, 11) is 0. The lowest BCUT2D eigenvalue weighted by Crippen LogP contribution is -2.35. The molecule has 1 aromatic carbocycles. The van der Waals surface area contributed by atoms with Gasteiger partial charge in [0.2, 0.25) is 0 Å². The van der Waals surface area contributed by atoms with E-state index in [0.717, 1.165) is 36.5 Å². The van der Waals surface area contributed by atoms with E-state index in [1.54, 1.807) is 11.3 Å². The van der Waals surface area contributed by atoms with Crippen LogP contribution in [0.5, 0.6) is 5.75 Å². The van der Waals surface area contributed by atoms with Crippen LogP contribution in [0, 0.1) is 11.8 Å². The number of para-hydroxylation sites is 1. The molecule has 0 spiro atoms. The normalized spacial score (nSPS) is 22.2. The third-order valence-electron chi connectivity index (χ3n) is 5.15. The van der Waals surface area contributed by atoms with Gasteiger partial charge in [-0.15, -0.1) is 11.3 Å². The molecule has 1 aliphatic heterocycles. The summed E-state index contributed by atoms with van der Waals surface area (Å²) < 4.78 is 5.81. The summed E-state index contributed by atoms with van der Waals surface area (Å²) in [5.41, 5.74) is 3.43. The van der Waals surface area contributed by atoms with Gasteiger partial charge in [0.1, 0.15) is 5.75 Å². The van der Waals surface area contributed by atoms with Gasteiger partial charge in [0, 0.05) is 22.7 Å². The Kier molecular flexibility index (Phi) is 4.31. The van der Waals surface area contributed by atoms with Crippen LogP contribution in [-0.4, -0.2) is 19.1 Å². The van der Waals surface area contributed by atoms with Crippen LogP contribution < -0.4 is 10.1 Å². The van der Waals surface area contributed by atoms with Crippen LogP contribution in [0.15, 0.2) is 29.6 Å². The van der Waals surface area contributed by atoms with E-state index >= 15 is 0 Å². The Labute approximate surface area is 147 Å². The lowest BCUT2D eigenvalue weighted by atomic mass is 9.88. The second-order valence-corrected chi connectivity index (χ2v) is 8.06. The number of hydrogen-bond donors (Lipinski definition) is 1. The summed E-state index contributed by atoms with van der Waals surface area (Å²) in [4.78, 5) is 14.0. The van der Waals surface area contributed by atoms with Crippen molar-refractivity contribution in [2.75, 3.05) is 13.2 Å². The molecular formula is C20H23NO2S. The minimum atomic E-state index is 0.0842. The second kappa shape index (κ2) is 6.60. The fourth-order valence-corrected chi connectivity index (χ4v) is 4.97. The number of nitrogens with one attached hydrogen (secondary N) is 1. The summed E-state index contributed by atoms with van der Waals surface area (Å²) in [5.74, 6) is 2.16. The Hall–Kier alpha value is -1.81. The number of ether oxygens (including phenoxy) is 1. The number of carbonyl (C=O) groups excluding carboxylic acids is 1. The number of hydrogen-bond acceptors (Lipinski definition) is 3. The second-order valence-electron chi connectivity index (χ2n) is 7.10. The zero-order valence-corrected chi connectivity index (χ0v) is 14.8. The molecule has 3 nitrogen and oxygen atoms in total. The monoisotopic (exact) mass is 341 g/mol. The highest BCUT2D eigenvalue weighted by Crippen LogP contribution is 2.33. The molecule has 2 aromatic rings. The van der Waals surface area contributed by atoms with Gasteiger partial charge in [0.05, 0.1) is 12.2 Å². The molecule has 2 heterocycles. The first kappa shape index (κ1) is 15.7. The van der Waals surface area contributed by atoms with Crippen molar-refractivity contribution in [2.24, 2.45) is 11.8 Å². The van der Waals surface area contributed by atoms with E-state index in [1.165, 1.54) is 22.4 Å². The van der Waals surface area contributed by atoms with Gasteiger partial charge in [-0.1, -0.05) is 25.1 Å². The molecule has 126 valence electrons. The minimum Gasteiger partial charge on any atom is -0.493 e. The number of thiophene rings is 1. The molecule has 1 aromatic heterocycles. The number of rotatable bonds is 3. The molecule has 0 saturated carbocycles. The van der Waals surface area contributed by atoms with Crippen molar-refractivity contribution in [1.29, 1.82) is 0 Å². The van der Waals surface area contributed by atoms with Gasteiger partial charge >= 0.3 is 0 Å². The number of fused-ring (bicyclic) bond motifs is 2. The van der Waals surface area contributed by atoms with Crippen molar-refractivity contribution < 1.29 is 9.53 Å². The molecule has 1 amide bonds. The van der Waals surface area contributed by atoms with Crippen molar-refractivity contribution in [2.45, 2.75) is 32.6 Å². The smallest absolute Gasteiger partial charge is 0.252 e. The fraction of sp³-hybridized carbons (Fsp3) is 0.450. The lowest BCUT2D eigenvalue weighted by molar-refractivity contribution is 0.0938. The van der Waals surface area contributed by atoms with Gasteiger partial charge in [-0.3, -0.25) is 4.79 Å². The maximum Gasteiger partial charge on any atom is 0.252 e. The molecule has 2 unspecified atom stereocenters. The van der Waals surface area contributed by atoms with Crippen molar-refractivity contribution in [1.82, 2.24) is 5.32 Å². The summed E-state index contributed by atoms with van der Waals surface area (Å²) in [6.07, 6.45) is 4.33. The highest BCUT2D eigenvalue weighted by atomic mass is 32.1. The Morgan fingerprint density at radius 2 is 2.21 bits per heavy atom. The van der Waals surface area contributed by atoms with Crippen molar-refractivity contribution in [3.8, 4) is 5.75 Å². The van der Waals surface area contributed by atoms with Crippen LogP contribution in [0.25, 0.3) is 0 Å². The number of amides is 1. The fourth-order valence-electron chi connectivity index (χ4n) is 3.72. The summed E-state index contributed by atoms with van der Waals surface area (Å²) in [5, 5.41) is 5.18. The molecule has 4 rings (SSSR count). The third kappa shape index (κ3) is 3.07. The zero-order valence-electron chi connectivity index (χ0n) is 14.0. The molecule has 0 bridgehead atoms. The van der Waals surface area contributed by atoms with E-state index in [-0.39, 0.29) is 5.91 Å². The first-order valence-electron chi connectivity index (χ1n) is 8.79. The highest BCUT2D eigenvalue weighted by molar-refractivity contribution is 7.10. The molecule has 1 aliphatic carbocycles. The lowest BCUT2D eigenvalue weighted by Gasteiger charge is -2.25. The Balaban J connectivity index is 1.38. The van der Waals surface area contributed by atoms with E-state index < -0.39 is 0 Å². The van der Waals surface area contributed by atoms with E-state index in [2.05, 4.69) is 18.3 Å². The Morgan fingerprint density at radius 3 is 3.12 bits per heavy atom. The Bertz CT molecular complexity index is 752. The summed E-state index contributed by atoms with van der Waals surface area (Å²) in [6.45, 7) is 3.65. The predicted octanol–water partition coefficient (Wildman–Crippen LogP) is 3.85. The molecule has 4 heteroatoms. The number of carbonyl (C=O) groups is 1. The van der Waals surface area contributed by atoms with Crippen LogP contribution in [0.4, 0.5) is 0 Å². The van der Waals surface area contributed by atoms with Crippen LogP contribution in [-0.2, 0) is 19.3 Å². The van der Waals surface area contributed by atoms with Crippen LogP contribution in [0.1, 0.15) is 39.7 Å². The highest BCUT2D eigenvalue weighted by Gasteiger charge is 2.24. The maximum atomic E-state index is 12.6. The van der Waals surface area contributed by atoms with Gasteiger partial charge in [-0.05, 0) is 48.8 Å². The first-order chi connectivity index (χ1) is 11.7. The van der Waals surface area contributed by atoms with Gasteiger partial charge < -0.3 is 10.1 Å². The topological polar surface area (TPSA) is 38.3 Å². The van der Waals surface area contributed by atoms with Gasteiger partial charge in [0.25, 0.3) is 5.91 Å².